The SMILES string of the molecule is C=C(/C(Cl)=C\C(=C/C)C(F)(F)F)[C@@H]1CCOc2cc(S(=O)(=O)Oc3c(F)c(F)c(F)c(F)c3F)ccc21. The lowest BCUT2D eigenvalue weighted by molar-refractivity contribution is -0.0883. The van der Waals surface area contributed by atoms with E-state index in [4.69, 9.17) is 16.3 Å². The van der Waals surface area contributed by atoms with E-state index in [-0.39, 0.29) is 34.9 Å². The van der Waals surface area contributed by atoms with Crippen molar-refractivity contribution >= 4 is 21.7 Å². The zero-order valence-electron chi connectivity index (χ0n) is 18.5. The van der Waals surface area contributed by atoms with Gasteiger partial charge < -0.3 is 8.92 Å². The van der Waals surface area contributed by atoms with Crippen molar-refractivity contribution in [3.05, 3.63) is 87.8 Å². The Morgan fingerprint density at radius 3 is 2.19 bits per heavy atom. The number of halogens is 9. The molecule has 0 fully saturated rings. The highest BCUT2D eigenvalue weighted by Gasteiger charge is 2.34. The van der Waals surface area contributed by atoms with E-state index in [1.165, 1.54) is 13.0 Å². The smallest absolute Gasteiger partial charge is 0.416 e. The van der Waals surface area contributed by atoms with E-state index in [1.54, 1.807) is 0 Å². The quantitative estimate of drug-likeness (QED) is 0.120. The first-order valence-electron chi connectivity index (χ1n) is 10.1. The largest absolute Gasteiger partial charge is 0.493 e. The van der Waals surface area contributed by atoms with Gasteiger partial charge in [-0.2, -0.15) is 30.4 Å². The summed E-state index contributed by atoms with van der Waals surface area (Å²) in [4.78, 5) is -0.767. The van der Waals surface area contributed by atoms with Crippen molar-refractivity contribution in [3.8, 4) is 11.5 Å². The number of allylic oxidation sites excluding steroid dienone is 5. The minimum Gasteiger partial charge on any atom is -0.493 e. The van der Waals surface area contributed by atoms with Crippen molar-refractivity contribution in [1.82, 2.24) is 0 Å². The molecule has 0 aromatic heterocycles. The Bertz CT molecular complexity index is 1400. The van der Waals surface area contributed by atoms with Gasteiger partial charge in [0, 0.05) is 22.6 Å². The number of rotatable bonds is 6. The van der Waals surface area contributed by atoms with Crippen LogP contribution in [0.1, 0.15) is 24.8 Å². The molecule has 1 atom stereocenters. The molecule has 4 nitrogen and oxygen atoms in total. The van der Waals surface area contributed by atoms with E-state index < -0.39 is 67.5 Å². The number of hydrogen-bond donors (Lipinski definition) is 0. The fourth-order valence-corrected chi connectivity index (χ4v) is 4.62. The van der Waals surface area contributed by atoms with Crippen LogP contribution in [0, 0.1) is 29.1 Å². The van der Waals surface area contributed by atoms with Gasteiger partial charge in [0.25, 0.3) is 0 Å². The second kappa shape index (κ2) is 10.4. The Hall–Kier alpha value is -3.06. The lowest BCUT2D eigenvalue weighted by Gasteiger charge is -2.28. The minimum absolute atomic E-state index is 0.0431. The highest BCUT2D eigenvalue weighted by molar-refractivity contribution is 7.87. The second-order valence-electron chi connectivity index (χ2n) is 7.59. The standard InChI is InChI=1S/C23H15ClF8O4S/c1-3-11(23(30,31)32)8-15(24)10(2)13-6-7-35-16-9-12(4-5-14(13)16)37(33,34)36-22-20(28)18(26)17(25)19(27)21(22)29/h3-5,8-9,13H,2,6-7H2,1H3/b11-3+,15-8+/t13-/m0/s1. The van der Waals surface area contributed by atoms with E-state index in [1.807, 2.05) is 0 Å². The number of alkyl halides is 3. The first-order chi connectivity index (χ1) is 17.1. The average molecular weight is 575 g/mol. The summed E-state index contributed by atoms with van der Waals surface area (Å²) in [6.07, 6.45) is -2.95. The molecule has 1 aliphatic heterocycles. The van der Waals surface area contributed by atoms with Gasteiger partial charge in [0.1, 0.15) is 10.6 Å². The monoisotopic (exact) mass is 574 g/mol. The Balaban J connectivity index is 1.96. The molecular weight excluding hydrogens is 560 g/mol. The number of hydrogen-bond acceptors (Lipinski definition) is 4. The van der Waals surface area contributed by atoms with Gasteiger partial charge in [0.05, 0.1) is 12.2 Å². The zero-order valence-corrected chi connectivity index (χ0v) is 20.1. The summed E-state index contributed by atoms with van der Waals surface area (Å²) in [5, 5.41) is -0.311. The van der Waals surface area contributed by atoms with E-state index in [2.05, 4.69) is 10.8 Å². The van der Waals surface area contributed by atoms with Crippen molar-refractivity contribution in [3.63, 3.8) is 0 Å². The van der Waals surface area contributed by atoms with Crippen LogP contribution in [-0.4, -0.2) is 21.2 Å². The topological polar surface area (TPSA) is 52.6 Å². The van der Waals surface area contributed by atoms with E-state index in [0.29, 0.717) is 6.08 Å². The summed E-state index contributed by atoms with van der Waals surface area (Å²) in [5.74, 6) is -15.1. The Labute approximate surface area is 210 Å². The third-order valence-electron chi connectivity index (χ3n) is 5.32. The molecule has 14 heteroatoms. The molecule has 0 bridgehead atoms. The molecule has 1 heterocycles. The Morgan fingerprint density at radius 2 is 1.65 bits per heavy atom. The highest BCUT2D eigenvalue weighted by Crippen LogP contribution is 2.43. The predicted molar refractivity (Wildman–Crippen MR) is 116 cm³/mol. The molecule has 0 amide bonds. The van der Waals surface area contributed by atoms with Gasteiger partial charge >= 0.3 is 16.3 Å². The molecule has 3 rings (SSSR count). The van der Waals surface area contributed by atoms with Crippen molar-refractivity contribution in [1.29, 1.82) is 0 Å². The van der Waals surface area contributed by atoms with Crippen LogP contribution in [-0.2, 0) is 10.1 Å². The molecule has 37 heavy (non-hydrogen) atoms. The van der Waals surface area contributed by atoms with Crippen LogP contribution >= 0.6 is 11.6 Å². The van der Waals surface area contributed by atoms with Gasteiger partial charge in [0.2, 0.25) is 34.8 Å². The van der Waals surface area contributed by atoms with Crippen molar-refractivity contribution < 1.29 is 52.5 Å². The number of fused-ring (bicyclic) bond motifs is 1. The van der Waals surface area contributed by atoms with Crippen LogP contribution in [0.3, 0.4) is 0 Å². The van der Waals surface area contributed by atoms with Gasteiger partial charge in [-0.1, -0.05) is 30.3 Å². The average Bonchev–Trinajstić information content (AvgIpc) is 2.85. The van der Waals surface area contributed by atoms with Crippen molar-refractivity contribution in [2.75, 3.05) is 6.61 Å². The lowest BCUT2D eigenvalue weighted by Crippen LogP contribution is -2.18. The molecule has 2 aromatic rings. The summed E-state index contributed by atoms with van der Waals surface area (Å²) in [6, 6.07) is 2.92. The third kappa shape index (κ3) is 5.61. The van der Waals surface area contributed by atoms with Gasteiger partial charge in [-0.3, -0.25) is 0 Å². The van der Waals surface area contributed by atoms with Gasteiger partial charge in [0.15, 0.2) is 0 Å². The van der Waals surface area contributed by atoms with Crippen LogP contribution in [0.15, 0.2) is 58.0 Å². The van der Waals surface area contributed by atoms with E-state index in [0.717, 1.165) is 18.2 Å². The maximum Gasteiger partial charge on any atom is 0.416 e. The fourth-order valence-electron chi connectivity index (χ4n) is 3.43. The first-order valence-corrected chi connectivity index (χ1v) is 11.9. The summed E-state index contributed by atoms with van der Waals surface area (Å²) >= 11 is 6.08. The molecule has 0 saturated heterocycles. The molecule has 0 spiro atoms. The van der Waals surface area contributed by atoms with Gasteiger partial charge in [-0.25, -0.2) is 13.2 Å². The highest BCUT2D eigenvalue weighted by atomic mass is 35.5. The molecule has 0 aliphatic carbocycles. The Morgan fingerprint density at radius 1 is 1.08 bits per heavy atom. The van der Waals surface area contributed by atoms with E-state index in [9.17, 15) is 43.5 Å². The molecule has 0 N–H and O–H groups in total. The fraction of sp³-hybridized carbons (Fsp3) is 0.217. The van der Waals surface area contributed by atoms with Crippen molar-refractivity contribution in [2.24, 2.45) is 0 Å². The normalized spacial score (nSPS) is 16.8. The van der Waals surface area contributed by atoms with E-state index >= 15 is 0 Å². The second-order valence-corrected chi connectivity index (χ2v) is 9.54. The number of benzene rings is 2. The molecule has 0 unspecified atom stereocenters. The molecule has 0 radical (unpaired) electrons. The van der Waals surface area contributed by atoms with Crippen LogP contribution < -0.4 is 8.92 Å². The molecule has 200 valence electrons. The van der Waals surface area contributed by atoms with Crippen molar-refractivity contribution in [2.45, 2.75) is 30.3 Å². The lowest BCUT2D eigenvalue weighted by atomic mass is 9.86. The maximum atomic E-state index is 13.9. The molecule has 0 saturated carbocycles. The first kappa shape index (κ1) is 28.5. The summed E-state index contributed by atoms with van der Waals surface area (Å²) in [6.45, 7) is 4.87. The summed E-state index contributed by atoms with van der Waals surface area (Å²) < 4.78 is 142. The van der Waals surface area contributed by atoms with Crippen LogP contribution in [0.4, 0.5) is 35.1 Å². The van der Waals surface area contributed by atoms with Gasteiger partial charge in [-0.05, 0) is 31.1 Å². The van der Waals surface area contributed by atoms with Crippen LogP contribution in [0.2, 0.25) is 0 Å². The van der Waals surface area contributed by atoms with Crippen LogP contribution in [0.5, 0.6) is 11.5 Å². The molecule has 1 aliphatic rings. The summed E-state index contributed by atoms with van der Waals surface area (Å²) in [5.41, 5.74) is -0.673. The van der Waals surface area contributed by atoms with Gasteiger partial charge in [-0.15, -0.1) is 0 Å². The maximum absolute atomic E-state index is 13.9. The molecule has 2 aromatic carbocycles. The predicted octanol–water partition coefficient (Wildman–Crippen LogP) is 7.20. The summed E-state index contributed by atoms with van der Waals surface area (Å²) in [7, 11) is -5.14. The third-order valence-corrected chi connectivity index (χ3v) is 6.89. The number of ether oxygens (including phenoxy) is 1. The Kier molecular flexibility index (Phi) is 7.99. The van der Waals surface area contributed by atoms with Crippen LogP contribution in [0.25, 0.3) is 0 Å². The zero-order chi connectivity index (χ0) is 27.9. The minimum atomic E-state index is -5.14. The molecular formula is C23H15ClF8O4S.